The highest BCUT2D eigenvalue weighted by atomic mass is 32.1. The minimum Gasteiger partial charge on any atom is -0.310 e. The van der Waals surface area contributed by atoms with E-state index in [4.69, 9.17) is 0 Å². The van der Waals surface area contributed by atoms with Crippen LogP contribution in [0.15, 0.2) is 60.0 Å². The van der Waals surface area contributed by atoms with Crippen molar-refractivity contribution in [3.05, 3.63) is 65.7 Å². The van der Waals surface area contributed by atoms with E-state index in [0.29, 0.717) is 11.6 Å². The monoisotopic (exact) mass is 362 g/mol. The number of amides is 1. The maximum Gasteiger partial charge on any atom is 0.277 e. The Hall–Kier alpha value is -2.99. The van der Waals surface area contributed by atoms with Crippen LogP contribution in [0, 0.1) is 0 Å². The van der Waals surface area contributed by atoms with Crippen molar-refractivity contribution in [3.8, 4) is 10.6 Å². The van der Waals surface area contributed by atoms with Crippen LogP contribution in [-0.2, 0) is 6.54 Å². The van der Waals surface area contributed by atoms with Crippen molar-refractivity contribution < 1.29 is 4.79 Å². The molecule has 0 spiro atoms. The predicted octanol–water partition coefficient (Wildman–Crippen LogP) is 4.82. The van der Waals surface area contributed by atoms with Gasteiger partial charge in [0, 0.05) is 17.5 Å². The second kappa shape index (κ2) is 7.09. The first kappa shape index (κ1) is 16.5. The third kappa shape index (κ3) is 3.11. The zero-order chi connectivity index (χ0) is 17.9. The predicted molar refractivity (Wildman–Crippen MR) is 106 cm³/mol. The van der Waals surface area contributed by atoms with Crippen molar-refractivity contribution in [2.24, 2.45) is 0 Å². The first-order valence-corrected chi connectivity index (χ1v) is 9.42. The number of para-hydroxylation sites is 2. The first-order chi connectivity index (χ1) is 12.8. The first-order valence-electron chi connectivity index (χ1n) is 8.54. The molecule has 0 atom stereocenters. The van der Waals surface area contributed by atoms with Crippen LogP contribution in [0.5, 0.6) is 0 Å². The molecule has 0 fully saturated rings. The van der Waals surface area contributed by atoms with Gasteiger partial charge in [-0.25, -0.2) is 9.97 Å². The summed E-state index contributed by atoms with van der Waals surface area (Å²) in [5.74, 6) is 0.323. The number of carbonyl (C=O) groups excluding carboxylic acids is 1. The Labute approximate surface area is 155 Å². The summed E-state index contributed by atoms with van der Waals surface area (Å²) in [6.07, 6.45) is 0.956. The van der Waals surface area contributed by atoms with Crippen LogP contribution in [-0.4, -0.2) is 20.4 Å². The smallest absolute Gasteiger partial charge is 0.277 e. The quantitative estimate of drug-likeness (QED) is 0.553. The van der Waals surface area contributed by atoms with Crippen molar-refractivity contribution in [1.82, 2.24) is 14.5 Å². The van der Waals surface area contributed by atoms with E-state index in [1.54, 1.807) is 5.38 Å². The van der Waals surface area contributed by atoms with E-state index in [1.165, 1.54) is 11.3 Å². The number of hydrogen-bond donors (Lipinski definition) is 1. The van der Waals surface area contributed by atoms with Gasteiger partial charge < -0.3 is 4.57 Å². The van der Waals surface area contributed by atoms with E-state index < -0.39 is 0 Å². The molecule has 26 heavy (non-hydrogen) atoms. The Morgan fingerprint density at radius 1 is 1.08 bits per heavy atom. The summed E-state index contributed by atoms with van der Waals surface area (Å²) in [6.45, 7) is 2.90. The average Bonchev–Trinajstić information content (AvgIpc) is 3.29. The summed E-state index contributed by atoms with van der Waals surface area (Å²) in [4.78, 5) is 21.7. The zero-order valence-corrected chi connectivity index (χ0v) is 15.2. The lowest BCUT2D eigenvalue weighted by atomic mass is 10.2. The molecule has 0 saturated carbocycles. The second-order valence-electron chi connectivity index (χ2n) is 5.93. The summed E-state index contributed by atoms with van der Waals surface area (Å²) < 4.78 is 2.04. The van der Waals surface area contributed by atoms with Crippen LogP contribution in [0.4, 0.5) is 5.95 Å². The molecule has 0 unspecified atom stereocenters. The van der Waals surface area contributed by atoms with Gasteiger partial charge in [-0.2, -0.15) is 0 Å². The minimum absolute atomic E-state index is 0.240. The van der Waals surface area contributed by atoms with Crippen LogP contribution < -0.4 is 5.32 Å². The third-order valence-electron chi connectivity index (χ3n) is 4.08. The highest BCUT2D eigenvalue weighted by Crippen LogP contribution is 2.24. The van der Waals surface area contributed by atoms with Gasteiger partial charge in [-0.05, 0) is 18.6 Å². The number of nitrogens with zero attached hydrogens (tertiary/aromatic N) is 3. The van der Waals surface area contributed by atoms with E-state index in [2.05, 4.69) is 22.2 Å². The highest BCUT2D eigenvalue weighted by molar-refractivity contribution is 7.13. The number of carbonyl (C=O) groups is 1. The molecule has 2 heterocycles. The molecule has 6 heteroatoms. The van der Waals surface area contributed by atoms with Crippen molar-refractivity contribution >= 4 is 34.2 Å². The molecule has 1 amide bonds. The van der Waals surface area contributed by atoms with Crippen LogP contribution in [0.3, 0.4) is 0 Å². The number of aromatic nitrogens is 3. The van der Waals surface area contributed by atoms with Crippen molar-refractivity contribution in [1.29, 1.82) is 0 Å². The van der Waals surface area contributed by atoms with Gasteiger partial charge in [-0.3, -0.25) is 10.1 Å². The highest BCUT2D eigenvalue weighted by Gasteiger charge is 2.16. The number of rotatable bonds is 5. The van der Waals surface area contributed by atoms with E-state index in [0.717, 1.165) is 34.6 Å². The lowest BCUT2D eigenvalue weighted by molar-refractivity contribution is 0.102. The van der Waals surface area contributed by atoms with Crippen LogP contribution in [0.2, 0.25) is 0 Å². The molecular weight excluding hydrogens is 344 g/mol. The molecule has 5 nitrogen and oxygen atoms in total. The molecule has 0 aliphatic carbocycles. The molecule has 4 rings (SSSR count). The summed E-state index contributed by atoms with van der Waals surface area (Å²) in [6, 6.07) is 17.8. The van der Waals surface area contributed by atoms with Crippen LogP contribution in [0.25, 0.3) is 21.6 Å². The van der Waals surface area contributed by atoms with Gasteiger partial charge >= 0.3 is 0 Å². The van der Waals surface area contributed by atoms with E-state index >= 15 is 0 Å². The maximum atomic E-state index is 12.7. The molecule has 2 aromatic carbocycles. The Kier molecular flexibility index (Phi) is 4.50. The SMILES string of the molecule is CCCn1c(NC(=O)c2csc(-c3ccccc3)n2)nc2ccccc21. The van der Waals surface area contributed by atoms with Gasteiger partial charge in [0.2, 0.25) is 5.95 Å². The standard InChI is InChI=1S/C20H18N4OS/c1-2-12-24-17-11-7-6-10-15(17)22-20(24)23-18(25)16-13-26-19(21-16)14-8-4-3-5-9-14/h3-11,13H,2,12H2,1H3,(H,22,23,25). The molecule has 1 N–H and O–H groups in total. The fraction of sp³-hybridized carbons (Fsp3) is 0.150. The number of hydrogen-bond acceptors (Lipinski definition) is 4. The normalized spacial score (nSPS) is 11.0. The molecule has 0 aliphatic rings. The molecule has 0 bridgehead atoms. The maximum absolute atomic E-state index is 12.7. The Morgan fingerprint density at radius 2 is 1.85 bits per heavy atom. The molecule has 0 aliphatic heterocycles. The lowest BCUT2D eigenvalue weighted by Gasteiger charge is -2.07. The van der Waals surface area contributed by atoms with E-state index in [9.17, 15) is 4.79 Å². The fourth-order valence-electron chi connectivity index (χ4n) is 2.88. The van der Waals surface area contributed by atoms with Gasteiger partial charge in [0.15, 0.2) is 0 Å². The number of nitrogens with one attached hydrogen (secondary N) is 1. The number of thiazole rings is 1. The zero-order valence-electron chi connectivity index (χ0n) is 14.3. The molecule has 0 saturated heterocycles. The molecule has 4 aromatic rings. The van der Waals surface area contributed by atoms with Gasteiger partial charge in [-0.1, -0.05) is 49.4 Å². The average molecular weight is 362 g/mol. The van der Waals surface area contributed by atoms with Crippen molar-refractivity contribution in [2.45, 2.75) is 19.9 Å². The van der Waals surface area contributed by atoms with Gasteiger partial charge in [0.1, 0.15) is 10.7 Å². The Bertz CT molecular complexity index is 1050. The Morgan fingerprint density at radius 3 is 2.65 bits per heavy atom. The summed E-state index contributed by atoms with van der Waals surface area (Å²) >= 11 is 1.46. The molecule has 2 aromatic heterocycles. The van der Waals surface area contributed by atoms with Gasteiger partial charge in [0.05, 0.1) is 11.0 Å². The molecule has 130 valence electrons. The van der Waals surface area contributed by atoms with Crippen LogP contribution >= 0.6 is 11.3 Å². The summed E-state index contributed by atoms with van der Waals surface area (Å²) in [7, 11) is 0. The number of fused-ring (bicyclic) bond motifs is 1. The summed E-state index contributed by atoms with van der Waals surface area (Å²) in [5.41, 5.74) is 3.31. The number of aryl methyl sites for hydroxylation is 1. The fourth-order valence-corrected chi connectivity index (χ4v) is 3.68. The van der Waals surface area contributed by atoms with E-state index in [1.807, 2.05) is 59.2 Å². The topological polar surface area (TPSA) is 59.8 Å². The number of anilines is 1. The number of benzene rings is 2. The van der Waals surface area contributed by atoms with Crippen LogP contribution in [0.1, 0.15) is 23.8 Å². The number of imidazole rings is 1. The lowest BCUT2D eigenvalue weighted by Crippen LogP contribution is -2.16. The van der Waals surface area contributed by atoms with Crippen molar-refractivity contribution in [3.63, 3.8) is 0 Å². The van der Waals surface area contributed by atoms with Gasteiger partial charge in [-0.15, -0.1) is 11.3 Å². The third-order valence-corrected chi connectivity index (χ3v) is 4.98. The van der Waals surface area contributed by atoms with Crippen molar-refractivity contribution in [2.75, 3.05) is 5.32 Å². The molecular formula is C20H18N4OS. The van der Waals surface area contributed by atoms with E-state index in [-0.39, 0.29) is 5.91 Å². The minimum atomic E-state index is -0.240. The largest absolute Gasteiger partial charge is 0.310 e. The molecule has 0 radical (unpaired) electrons. The van der Waals surface area contributed by atoms with Gasteiger partial charge in [0.25, 0.3) is 5.91 Å². The Balaban J connectivity index is 1.62. The second-order valence-corrected chi connectivity index (χ2v) is 6.79. The summed E-state index contributed by atoms with van der Waals surface area (Å²) in [5, 5.41) is 5.54.